The number of aromatic nitrogens is 1. The largest absolute Gasteiger partial charge is 0.493 e. The third-order valence-electron chi connectivity index (χ3n) is 3.04. The van der Waals surface area contributed by atoms with Gasteiger partial charge in [-0.25, -0.2) is 4.98 Å². The minimum atomic E-state index is 0.727. The third kappa shape index (κ3) is 3.45. The van der Waals surface area contributed by atoms with Crippen molar-refractivity contribution < 1.29 is 9.47 Å². The van der Waals surface area contributed by atoms with Gasteiger partial charge in [0.1, 0.15) is 5.01 Å². The molecule has 0 aliphatic carbocycles. The van der Waals surface area contributed by atoms with E-state index in [4.69, 9.17) is 14.5 Å². The summed E-state index contributed by atoms with van der Waals surface area (Å²) in [5.74, 6) is 2.35. The summed E-state index contributed by atoms with van der Waals surface area (Å²) in [5.41, 5.74) is 2.16. The van der Waals surface area contributed by atoms with Gasteiger partial charge < -0.3 is 9.47 Å². The van der Waals surface area contributed by atoms with Crippen LogP contribution in [0, 0.1) is 0 Å². The van der Waals surface area contributed by atoms with E-state index in [-0.39, 0.29) is 0 Å². The zero-order valence-corrected chi connectivity index (χ0v) is 14.7. The van der Waals surface area contributed by atoms with Gasteiger partial charge in [-0.2, -0.15) is 0 Å². The number of ether oxygens (including phenoxy) is 2. The molecule has 0 amide bonds. The summed E-state index contributed by atoms with van der Waals surface area (Å²) in [6.45, 7) is 0. The van der Waals surface area contributed by atoms with Crippen LogP contribution in [-0.2, 0) is 5.75 Å². The molecule has 0 bridgehead atoms. The van der Waals surface area contributed by atoms with Crippen LogP contribution in [-0.4, -0.2) is 19.2 Å². The maximum absolute atomic E-state index is 5.35. The molecule has 0 saturated heterocycles. The summed E-state index contributed by atoms with van der Waals surface area (Å²) in [6, 6.07) is 10.1. The SMILES string of the molecule is COc1ccc(-c2nc(CSc3cccs3)cs2)cc1OC. The maximum atomic E-state index is 5.35. The molecule has 0 radical (unpaired) electrons. The summed E-state index contributed by atoms with van der Waals surface area (Å²) in [4.78, 5) is 4.72. The first kappa shape index (κ1) is 15.4. The van der Waals surface area contributed by atoms with E-state index in [0.29, 0.717) is 0 Å². The van der Waals surface area contributed by atoms with Crippen molar-refractivity contribution in [3.05, 3.63) is 46.8 Å². The van der Waals surface area contributed by atoms with Crippen molar-refractivity contribution in [1.82, 2.24) is 4.98 Å². The predicted octanol–water partition coefficient (Wildman–Crippen LogP) is 5.18. The van der Waals surface area contributed by atoms with Gasteiger partial charge in [-0.1, -0.05) is 6.07 Å². The van der Waals surface area contributed by atoms with E-state index in [9.17, 15) is 0 Å². The molecule has 6 heteroatoms. The Balaban J connectivity index is 1.75. The summed E-state index contributed by atoms with van der Waals surface area (Å²) >= 11 is 5.24. The minimum Gasteiger partial charge on any atom is -0.493 e. The number of rotatable bonds is 6. The lowest BCUT2D eigenvalue weighted by Crippen LogP contribution is -1.90. The smallest absolute Gasteiger partial charge is 0.161 e. The Bertz CT molecular complexity index is 738. The molecule has 0 aliphatic heterocycles. The standard InChI is InChI=1S/C16H15NO2S3/c1-18-13-6-5-11(8-14(13)19-2)16-17-12(10-22-16)9-21-15-4-3-7-20-15/h3-8,10H,9H2,1-2H3. The molecule has 22 heavy (non-hydrogen) atoms. The van der Waals surface area contributed by atoms with Crippen molar-refractivity contribution in [2.24, 2.45) is 0 Å². The number of hydrogen-bond acceptors (Lipinski definition) is 6. The number of nitrogens with zero attached hydrogens (tertiary/aromatic N) is 1. The first-order valence-corrected chi connectivity index (χ1v) is 9.37. The number of thiazole rings is 1. The van der Waals surface area contributed by atoms with E-state index < -0.39 is 0 Å². The van der Waals surface area contributed by atoms with Gasteiger partial charge in [-0.05, 0) is 29.6 Å². The second-order valence-electron chi connectivity index (χ2n) is 4.43. The molecule has 1 aromatic carbocycles. The Labute approximate surface area is 141 Å². The lowest BCUT2D eigenvalue weighted by molar-refractivity contribution is 0.355. The molecule has 2 aromatic heterocycles. The fourth-order valence-corrected chi connectivity index (χ4v) is 4.56. The first-order chi connectivity index (χ1) is 10.8. The fourth-order valence-electron chi connectivity index (χ4n) is 1.97. The number of thiophene rings is 1. The minimum absolute atomic E-state index is 0.727. The molecular formula is C16H15NO2S3. The molecule has 3 nitrogen and oxygen atoms in total. The molecule has 0 N–H and O–H groups in total. The van der Waals surface area contributed by atoms with E-state index in [0.717, 1.165) is 33.5 Å². The van der Waals surface area contributed by atoms with Gasteiger partial charge in [0.2, 0.25) is 0 Å². The number of methoxy groups -OCH3 is 2. The summed E-state index contributed by atoms with van der Waals surface area (Å²) in [7, 11) is 3.29. The number of benzene rings is 1. The Hall–Kier alpha value is -1.50. The van der Waals surface area contributed by atoms with E-state index in [1.165, 1.54) is 4.21 Å². The van der Waals surface area contributed by atoms with E-state index in [2.05, 4.69) is 22.9 Å². The van der Waals surface area contributed by atoms with Gasteiger partial charge in [0.25, 0.3) is 0 Å². The van der Waals surface area contributed by atoms with Crippen LogP contribution < -0.4 is 9.47 Å². The summed E-state index contributed by atoms with van der Waals surface area (Å²) in [5, 5.41) is 5.22. The molecule has 3 rings (SSSR count). The number of thioether (sulfide) groups is 1. The first-order valence-electron chi connectivity index (χ1n) is 6.63. The fraction of sp³-hybridized carbons (Fsp3) is 0.188. The molecule has 0 unspecified atom stereocenters. The Morgan fingerprint density at radius 2 is 1.95 bits per heavy atom. The van der Waals surface area contributed by atoms with Gasteiger partial charge in [0.05, 0.1) is 24.1 Å². The summed E-state index contributed by atoms with van der Waals surface area (Å²) < 4.78 is 11.9. The van der Waals surface area contributed by atoms with Gasteiger partial charge in [-0.15, -0.1) is 34.4 Å². The zero-order chi connectivity index (χ0) is 15.4. The van der Waals surface area contributed by atoms with Crippen LogP contribution in [0.2, 0.25) is 0 Å². The maximum Gasteiger partial charge on any atom is 0.161 e. The highest BCUT2D eigenvalue weighted by Crippen LogP contribution is 2.34. The molecule has 0 atom stereocenters. The average Bonchev–Trinajstić information content (AvgIpc) is 3.23. The highest BCUT2D eigenvalue weighted by atomic mass is 32.2. The van der Waals surface area contributed by atoms with Gasteiger partial charge in [-0.3, -0.25) is 0 Å². The van der Waals surface area contributed by atoms with Crippen LogP contribution in [0.5, 0.6) is 11.5 Å². The van der Waals surface area contributed by atoms with Crippen LogP contribution in [0.3, 0.4) is 0 Å². The Morgan fingerprint density at radius 3 is 2.68 bits per heavy atom. The molecule has 0 saturated carbocycles. The Morgan fingerprint density at radius 1 is 1.09 bits per heavy atom. The van der Waals surface area contributed by atoms with E-state index >= 15 is 0 Å². The molecule has 0 spiro atoms. The van der Waals surface area contributed by atoms with Crippen LogP contribution >= 0.6 is 34.4 Å². The van der Waals surface area contributed by atoms with Crippen molar-refractivity contribution in [3.8, 4) is 22.1 Å². The van der Waals surface area contributed by atoms with Crippen molar-refractivity contribution in [3.63, 3.8) is 0 Å². The highest BCUT2D eigenvalue weighted by Gasteiger charge is 2.10. The topological polar surface area (TPSA) is 31.4 Å². The molecular weight excluding hydrogens is 334 g/mol. The lowest BCUT2D eigenvalue weighted by atomic mass is 10.2. The van der Waals surface area contributed by atoms with Gasteiger partial charge in [0.15, 0.2) is 11.5 Å². The zero-order valence-electron chi connectivity index (χ0n) is 12.2. The van der Waals surface area contributed by atoms with E-state index in [1.807, 2.05) is 30.0 Å². The highest BCUT2D eigenvalue weighted by molar-refractivity contribution is 8.00. The van der Waals surface area contributed by atoms with Crippen LogP contribution in [0.25, 0.3) is 10.6 Å². The molecule has 0 aliphatic rings. The third-order valence-corrected chi connectivity index (χ3v) is 6.14. The van der Waals surface area contributed by atoms with Crippen LogP contribution in [0.4, 0.5) is 0 Å². The normalized spacial score (nSPS) is 10.6. The average molecular weight is 350 g/mol. The molecule has 0 fully saturated rings. The lowest BCUT2D eigenvalue weighted by Gasteiger charge is -2.08. The van der Waals surface area contributed by atoms with E-state index in [1.54, 1.807) is 36.9 Å². The molecule has 114 valence electrons. The van der Waals surface area contributed by atoms with Crippen molar-refractivity contribution in [2.75, 3.05) is 14.2 Å². The quantitative estimate of drug-likeness (QED) is 0.574. The molecule has 2 heterocycles. The molecule has 3 aromatic rings. The van der Waals surface area contributed by atoms with Crippen LogP contribution in [0.15, 0.2) is 45.3 Å². The summed E-state index contributed by atoms with van der Waals surface area (Å²) in [6.07, 6.45) is 0. The second-order valence-corrected chi connectivity index (χ2v) is 7.52. The van der Waals surface area contributed by atoms with Crippen molar-refractivity contribution >= 4 is 34.4 Å². The Kier molecular flexibility index (Phi) is 5.02. The monoisotopic (exact) mass is 349 g/mol. The number of hydrogen-bond donors (Lipinski definition) is 0. The van der Waals surface area contributed by atoms with Crippen molar-refractivity contribution in [2.45, 2.75) is 9.96 Å². The van der Waals surface area contributed by atoms with Crippen LogP contribution in [0.1, 0.15) is 5.69 Å². The van der Waals surface area contributed by atoms with Gasteiger partial charge >= 0.3 is 0 Å². The predicted molar refractivity (Wildman–Crippen MR) is 94.5 cm³/mol. The second kappa shape index (κ2) is 7.17. The van der Waals surface area contributed by atoms with Gasteiger partial charge in [0, 0.05) is 16.7 Å². The van der Waals surface area contributed by atoms with Crippen molar-refractivity contribution in [1.29, 1.82) is 0 Å².